The number of hydrogen-bond donors (Lipinski definition) is 3. The summed E-state index contributed by atoms with van der Waals surface area (Å²) >= 11 is 0. The summed E-state index contributed by atoms with van der Waals surface area (Å²) in [7, 11) is 0. The van der Waals surface area contributed by atoms with Crippen molar-refractivity contribution in [1.82, 2.24) is 19.9 Å². The molecule has 3 N–H and O–H groups in total. The lowest BCUT2D eigenvalue weighted by molar-refractivity contribution is -0.137. The highest BCUT2D eigenvalue weighted by molar-refractivity contribution is 6.04. The Kier molecular flexibility index (Phi) is 6.52. The van der Waals surface area contributed by atoms with Gasteiger partial charge >= 0.3 is 12.2 Å². The molecule has 0 spiro atoms. The third-order valence-corrected chi connectivity index (χ3v) is 6.00. The van der Waals surface area contributed by atoms with E-state index in [0.717, 1.165) is 12.1 Å². The lowest BCUT2D eigenvalue weighted by atomic mass is 10.1. The zero-order valence-corrected chi connectivity index (χ0v) is 19.3. The van der Waals surface area contributed by atoms with Gasteiger partial charge in [0.1, 0.15) is 12.7 Å². The van der Waals surface area contributed by atoms with E-state index in [1.165, 1.54) is 35.6 Å². The van der Waals surface area contributed by atoms with Crippen molar-refractivity contribution in [3.8, 4) is 17.3 Å². The Hall–Kier alpha value is -4.04. The average Bonchev–Trinajstić information content (AvgIpc) is 3.31. The minimum absolute atomic E-state index is 0.0329. The largest absolute Gasteiger partial charge is 0.474 e. The van der Waals surface area contributed by atoms with Crippen molar-refractivity contribution >= 4 is 23.4 Å². The molecule has 1 saturated heterocycles. The molecule has 4 heterocycles. The van der Waals surface area contributed by atoms with E-state index in [-0.39, 0.29) is 41.6 Å². The first-order chi connectivity index (χ1) is 17.7. The Labute approximate surface area is 208 Å². The second kappa shape index (κ2) is 9.78. The van der Waals surface area contributed by atoms with E-state index < -0.39 is 30.5 Å². The van der Waals surface area contributed by atoms with Gasteiger partial charge in [0.2, 0.25) is 5.88 Å². The van der Waals surface area contributed by atoms with Gasteiger partial charge in [-0.2, -0.15) is 18.2 Å². The summed E-state index contributed by atoms with van der Waals surface area (Å²) in [4.78, 5) is 33.8. The van der Waals surface area contributed by atoms with E-state index in [1.54, 1.807) is 0 Å². The van der Waals surface area contributed by atoms with E-state index in [9.17, 15) is 23.1 Å². The molecule has 0 unspecified atom stereocenters. The number of carbonyl (C=O) groups is 1. The van der Waals surface area contributed by atoms with Crippen LogP contribution in [0.1, 0.15) is 12.0 Å². The minimum Gasteiger partial charge on any atom is -0.474 e. The van der Waals surface area contributed by atoms with Crippen molar-refractivity contribution in [2.45, 2.75) is 24.7 Å². The fraction of sp³-hybridized carbons (Fsp3) is 0.348. The zero-order valence-electron chi connectivity index (χ0n) is 19.3. The third kappa shape index (κ3) is 5.11. The summed E-state index contributed by atoms with van der Waals surface area (Å²) in [6.45, 7) is 0.529. The maximum atomic E-state index is 13.4. The summed E-state index contributed by atoms with van der Waals surface area (Å²) in [5.74, 6) is 0.448. The monoisotopic (exact) mass is 517 g/mol. The van der Waals surface area contributed by atoms with E-state index >= 15 is 0 Å². The second-order valence-corrected chi connectivity index (χ2v) is 8.56. The normalized spacial score (nSPS) is 17.4. The molecule has 3 aromatic rings. The Morgan fingerprint density at radius 3 is 2.86 bits per heavy atom. The van der Waals surface area contributed by atoms with Crippen LogP contribution in [0.3, 0.4) is 0 Å². The molecule has 1 aromatic carbocycles. The highest BCUT2D eigenvalue weighted by Gasteiger charge is 2.41. The highest BCUT2D eigenvalue weighted by atomic mass is 19.4. The van der Waals surface area contributed by atoms with Crippen molar-refractivity contribution < 1.29 is 32.9 Å². The fourth-order valence-electron chi connectivity index (χ4n) is 4.23. The van der Waals surface area contributed by atoms with Crippen LogP contribution >= 0.6 is 0 Å². The second-order valence-electron chi connectivity index (χ2n) is 8.56. The Morgan fingerprint density at radius 1 is 1.24 bits per heavy atom. The van der Waals surface area contributed by atoms with Crippen LogP contribution in [0.25, 0.3) is 11.4 Å². The molecule has 14 heteroatoms. The highest BCUT2D eigenvalue weighted by Crippen LogP contribution is 2.40. The van der Waals surface area contributed by atoms with E-state index in [0.29, 0.717) is 25.2 Å². The maximum Gasteiger partial charge on any atom is 0.416 e. The summed E-state index contributed by atoms with van der Waals surface area (Å²) in [6.07, 6.45) is -0.833. The number of anilines is 3. The minimum atomic E-state index is -4.52. The van der Waals surface area contributed by atoms with E-state index in [2.05, 4.69) is 25.3 Å². The number of aliphatic hydroxyl groups is 2. The van der Waals surface area contributed by atoms with Crippen molar-refractivity contribution in [3.63, 3.8) is 0 Å². The van der Waals surface area contributed by atoms with Gasteiger partial charge in [0.15, 0.2) is 17.5 Å². The van der Waals surface area contributed by atoms with Crippen LogP contribution in [0.5, 0.6) is 5.88 Å². The Bertz CT molecular complexity index is 1310. The Morgan fingerprint density at radius 2 is 2.08 bits per heavy atom. The molecule has 11 nitrogen and oxygen atoms in total. The van der Waals surface area contributed by atoms with Gasteiger partial charge in [-0.25, -0.2) is 14.8 Å². The smallest absolute Gasteiger partial charge is 0.416 e. The molecule has 2 atom stereocenters. The standard InChI is InChI=1S/C23H22F3N7O4/c24-23(25,26)14-3-1-2-13(6-14)20-28-7-17-21(31-20)33(15-4-5-32(17)10-15)22(36)30-18-8-27-9-19(29-18)37-12-16(35)11-34/h1-3,6-9,15-16,34-35H,4-5,10-12H2,(H,29,30,36)/t15-,16-/m0/s1. The number of nitrogens with one attached hydrogen (secondary N) is 1. The molecule has 2 amide bonds. The quantitative estimate of drug-likeness (QED) is 0.450. The van der Waals surface area contributed by atoms with Crippen LogP contribution in [-0.2, 0) is 6.18 Å². The van der Waals surface area contributed by atoms with Gasteiger partial charge in [0.05, 0.1) is 42.5 Å². The topological polar surface area (TPSA) is 137 Å². The number of ether oxygens (including phenoxy) is 1. The molecule has 5 rings (SSSR count). The number of aliphatic hydroxyl groups excluding tert-OH is 2. The van der Waals surface area contributed by atoms with Crippen molar-refractivity contribution in [1.29, 1.82) is 0 Å². The summed E-state index contributed by atoms with van der Waals surface area (Å²) in [5.41, 5.74) is -0.0515. The summed E-state index contributed by atoms with van der Waals surface area (Å²) < 4.78 is 44.9. The van der Waals surface area contributed by atoms with Crippen molar-refractivity contribution in [2.75, 3.05) is 41.4 Å². The van der Waals surface area contributed by atoms with Crippen LogP contribution in [0, 0.1) is 0 Å². The van der Waals surface area contributed by atoms with Crippen LogP contribution in [-0.4, -0.2) is 74.6 Å². The number of alkyl halides is 3. The van der Waals surface area contributed by atoms with Crippen LogP contribution < -0.4 is 19.9 Å². The van der Waals surface area contributed by atoms with Gasteiger partial charge < -0.3 is 19.8 Å². The lowest BCUT2D eigenvalue weighted by Crippen LogP contribution is -2.48. The molecule has 0 aliphatic carbocycles. The molecule has 2 aliphatic heterocycles. The van der Waals surface area contributed by atoms with Crippen molar-refractivity contribution in [3.05, 3.63) is 48.4 Å². The molecule has 2 aromatic heterocycles. The number of nitrogens with zero attached hydrogens (tertiary/aromatic N) is 6. The number of fused-ring (bicyclic) bond motifs is 4. The van der Waals surface area contributed by atoms with Gasteiger partial charge in [-0.1, -0.05) is 12.1 Å². The molecule has 0 saturated carbocycles. The van der Waals surface area contributed by atoms with Gasteiger partial charge in [0.25, 0.3) is 0 Å². The lowest BCUT2D eigenvalue weighted by Gasteiger charge is -2.35. The van der Waals surface area contributed by atoms with Gasteiger partial charge in [-0.15, -0.1) is 0 Å². The van der Waals surface area contributed by atoms with Crippen LogP contribution in [0.2, 0.25) is 0 Å². The van der Waals surface area contributed by atoms with E-state index in [1.807, 2.05) is 4.90 Å². The summed E-state index contributed by atoms with van der Waals surface area (Å²) in [6, 6.07) is 3.93. The zero-order chi connectivity index (χ0) is 26.2. The molecule has 2 aliphatic rings. The van der Waals surface area contributed by atoms with Gasteiger partial charge in [0, 0.05) is 18.7 Å². The van der Waals surface area contributed by atoms with Crippen molar-refractivity contribution in [2.24, 2.45) is 0 Å². The summed E-state index contributed by atoms with van der Waals surface area (Å²) in [5, 5.41) is 21.0. The van der Waals surface area contributed by atoms with E-state index in [4.69, 9.17) is 9.84 Å². The SMILES string of the molecule is O=C(Nc1cncc(OC[C@@H](O)CO)n1)N1c2nc(-c3cccc(C(F)(F)F)c3)ncc2N2CC[C@H]1C2. The van der Waals surface area contributed by atoms with Gasteiger partial charge in [-0.05, 0) is 18.6 Å². The first-order valence-electron chi connectivity index (χ1n) is 11.4. The number of rotatable bonds is 6. The predicted octanol–water partition coefficient (Wildman–Crippen LogP) is 2.32. The molecule has 194 valence electrons. The number of halogens is 3. The Balaban J connectivity index is 1.42. The molecule has 0 radical (unpaired) electrons. The molecule has 2 bridgehead atoms. The number of urea groups is 1. The number of aromatic nitrogens is 4. The third-order valence-electron chi connectivity index (χ3n) is 6.00. The average molecular weight is 517 g/mol. The van der Waals surface area contributed by atoms with Crippen LogP contribution in [0.15, 0.2) is 42.9 Å². The molecule has 1 fully saturated rings. The first-order valence-corrected chi connectivity index (χ1v) is 11.4. The predicted molar refractivity (Wildman–Crippen MR) is 125 cm³/mol. The molecule has 37 heavy (non-hydrogen) atoms. The fourth-order valence-corrected chi connectivity index (χ4v) is 4.23. The molecular weight excluding hydrogens is 495 g/mol. The number of hydrogen-bond acceptors (Lipinski definition) is 9. The number of carbonyl (C=O) groups excluding carboxylic acids is 1. The number of benzene rings is 1. The molecular formula is C23H22F3N7O4. The van der Waals surface area contributed by atoms with Gasteiger partial charge in [-0.3, -0.25) is 15.2 Å². The maximum absolute atomic E-state index is 13.4. The van der Waals surface area contributed by atoms with Crippen LogP contribution in [0.4, 0.5) is 35.3 Å². The first kappa shape index (κ1) is 24.6. The number of amides is 2.